The average molecular weight is 232 g/mol. The van der Waals surface area contributed by atoms with Crippen molar-refractivity contribution < 1.29 is 0 Å². The van der Waals surface area contributed by atoms with E-state index < -0.39 is 0 Å². The van der Waals surface area contributed by atoms with Crippen molar-refractivity contribution in [3.05, 3.63) is 35.4 Å². The maximum atomic E-state index is 5.69. The molecule has 0 heterocycles. The van der Waals surface area contributed by atoms with E-state index in [1.807, 2.05) is 0 Å². The molecule has 0 saturated heterocycles. The van der Waals surface area contributed by atoms with Gasteiger partial charge in [0.25, 0.3) is 0 Å². The molecular weight excluding hydrogens is 208 g/mol. The summed E-state index contributed by atoms with van der Waals surface area (Å²) in [5, 5.41) is 0. The minimum atomic E-state index is 0.642. The van der Waals surface area contributed by atoms with E-state index in [1.54, 1.807) is 0 Å². The summed E-state index contributed by atoms with van der Waals surface area (Å²) in [5.41, 5.74) is 8.34. The number of nitrogens with zero attached hydrogens (tertiary/aromatic N) is 1. The first kappa shape index (κ1) is 12.6. The van der Waals surface area contributed by atoms with E-state index in [0.717, 1.165) is 19.1 Å². The number of hydrogen-bond acceptors (Lipinski definition) is 2. The molecule has 0 atom stereocenters. The quantitative estimate of drug-likeness (QED) is 0.846. The third kappa shape index (κ3) is 3.30. The molecule has 0 unspecified atom stereocenters. The lowest BCUT2D eigenvalue weighted by Gasteiger charge is -2.27. The molecule has 1 aromatic carbocycles. The van der Waals surface area contributed by atoms with Crippen molar-refractivity contribution in [1.82, 2.24) is 4.90 Å². The Hall–Kier alpha value is -0.860. The van der Waals surface area contributed by atoms with Crippen molar-refractivity contribution in [2.75, 3.05) is 6.54 Å². The standard InChI is InChI=1S/C15H24N2/c1-2-17(15-8-3-4-9-15)12-14-7-5-6-13(10-14)11-16/h5-7,10,15H,2-4,8-9,11-12,16H2,1H3. The third-order valence-corrected chi connectivity index (χ3v) is 3.86. The molecule has 2 N–H and O–H groups in total. The lowest BCUT2D eigenvalue weighted by molar-refractivity contribution is 0.200. The van der Waals surface area contributed by atoms with Crippen LogP contribution in [0.5, 0.6) is 0 Å². The fraction of sp³-hybridized carbons (Fsp3) is 0.600. The van der Waals surface area contributed by atoms with E-state index in [1.165, 1.54) is 36.8 Å². The molecule has 1 aromatic rings. The van der Waals surface area contributed by atoms with Gasteiger partial charge < -0.3 is 5.73 Å². The molecule has 94 valence electrons. The smallest absolute Gasteiger partial charge is 0.0236 e. The summed E-state index contributed by atoms with van der Waals surface area (Å²) in [6, 6.07) is 9.51. The Bertz CT molecular complexity index is 343. The topological polar surface area (TPSA) is 29.3 Å². The van der Waals surface area contributed by atoms with Gasteiger partial charge in [-0.25, -0.2) is 0 Å². The zero-order valence-corrected chi connectivity index (χ0v) is 10.9. The summed E-state index contributed by atoms with van der Waals surface area (Å²) in [5.74, 6) is 0. The summed E-state index contributed by atoms with van der Waals surface area (Å²) >= 11 is 0. The number of nitrogens with two attached hydrogens (primary N) is 1. The van der Waals surface area contributed by atoms with Crippen LogP contribution in [0.3, 0.4) is 0 Å². The summed E-state index contributed by atoms with van der Waals surface area (Å²) in [6.45, 7) is 5.14. The lowest BCUT2D eigenvalue weighted by Crippen LogP contribution is -2.32. The predicted octanol–water partition coefficient (Wildman–Crippen LogP) is 2.91. The Morgan fingerprint density at radius 3 is 2.59 bits per heavy atom. The zero-order chi connectivity index (χ0) is 12.1. The molecule has 2 heteroatoms. The van der Waals surface area contributed by atoms with Crippen molar-refractivity contribution in [3.63, 3.8) is 0 Å². The van der Waals surface area contributed by atoms with E-state index in [2.05, 4.69) is 36.1 Å². The van der Waals surface area contributed by atoms with Crippen LogP contribution in [0.2, 0.25) is 0 Å². The summed E-state index contributed by atoms with van der Waals surface area (Å²) in [6.07, 6.45) is 5.57. The van der Waals surface area contributed by atoms with Crippen LogP contribution in [-0.2, 0) is 13.1 Å². The molecule has 1 saturated carbocycles. The van der Waals surface area contributed by atoms with Crippen LogP contribution in [0.15, 0.2) is 24.3 Å². The number of hydrogen-bond donors (Lipinski definition) is 1. The molecule has 0 radical (unpaired) electrons. The van der Waals surface area contributed by atoms with Gasteiger partial charge in [-0.2, -0.15) is 0 Å². The normalized spacial score (nSPS) is 16.9. The Labute approximate surface area is 105 Å². The molecular formula is C15H24N2. The highest BCUT2D eigenvalue weighted by atomic mass is 15.1. The highest BCUT2D eigenvalue weighted by Gasteiger charge is 2.21. The molecule has 0 aromatic heterocycles. The van der Waals surface area contributed by atoms with Crippen molar-refractivity contribution >= 4 is 0 Å². The molecule has 0 amide bonds. The molecule has 2 rings (SSSR count). The van der Waals surface area contributed by atoms with Crippen molar-refractivity contribution in [2.45, 2.75) is 51.7 Å². The van der Waals surface area contributed by atoms with Crippen molar-refractivity contribution in [3.8, 4) is 0 Å². The molecule has 0 bridgehead atoms. The van der Waals surface area contributed by atoms with E-state index in [-0.39, 0.29) is 0 Å². The van der Waals surface area contributed by atoms with Gasteiger partial charge in [0.2, 0.25) is 0 Å². The summed E-state index contributed by atoms with van der Waals surface area (Å²) in [4.78, 5) is 2.61. The first-order valence-electron chi connectivity index (χ1n) is 6.85. The van der Waals surface area contributed by atoms with Gasteiger partial charge in [-0.15, -0.1) is 0 Å². The van der Waals surface area contributed by atoms with Crippen molar-refractivity contribution in [2.24, 2.45) is 5.73 Å². The largest absolute Gasteiger partial charge is 0.326 e. The number of benzene rings is 1. The SMILES string of the molecule is CCN(Cc1cccc(CN)c1)C1CCCC1. The van der Waals surface area contributed by atoms with Gasteiger partial charge in [-0.3, -0.25) is 4.90 Å². The first-order chi connectivity index (χ1) is 8.33. The second-order valence-electron chi connectivity index (χ2n) is 5.03. The Morgan fingerprint density at radius 2 is 1.94 bits per heavy atom. The van der Waals surface area contributed by atoms with Gasteiger partial charge >= 0.3 is 0 Å². The van der Waals surface area contributed by atoms with Crippen LogP contribution in [0.4, 0.5) is 0 Å². The van der Waals surface area contributed by atoms with Crippen molar-refractivity contribution in [1.29, 1.82) is 0 Å². The van der Waals surface area contributed by atoms with Gasteiger partial charge in [0.15, 0.2) is 0 Å². The van der Waals surface area contributed by atoms with Gasteiger partial charge in [-0.1, -0.05) is 44.0 Å². The van der Waals surface area contributed by atoms with Crippen LogP contribution in [0.25, 0.3) is 0 Å². The molecule has 0 aliphatic heterocycles. The van der Waals surface area contributed by atoms with E-state index in [9.17, 15) is 0 Å². The van der Waals surface area contributed by atoms with Crippen LogP contribution in [0.1, 0.15) is 43.7 Å². The predicted molar refractivity (Wildman–Crippen MR) is 72.7 cm³/mol. The second kappa shape index (κ2) is 6.18. The first-order valence-corrected chi connectivity index (χ1v) is 6.85. The minimum absolute atomic E-state index is 0.642. The van der Waals surface area contributed by atoms with Crippen LogP contribution >= 0.6 is 0 Å². The molecule has 1 aliphatic carbocycles. The van der Waals surface area contributed by atoms with Gasteiger partial charge in [0.05, 0.1) is 0 Å². The van der Waals surface area contributed by atoms with Gasteiger partial charge in [-0.05, 0) is 30.5 Å². The molecule has 1 fully saturated rings. The van der Waals surface area contributed by atoms with Crippen LogP contribution in [0, 0.1) is 0 Å². The van der Waals surface area contributed by atoms with E-state index in [4.69, 9.17) is 5.73 Å². The Morgan fingerprint density at radius 1 is 1.24 bits per heavy atom. The van der Waals surface area contributed by atoms with Gasteiger partial charge in [0, 0.05) is 19.1 Å². The minimum Gasteiger partial charge on any atom is -0.326 e. The van der Waals surface area contributed by atoms with Crippen LogP contribution < -0.4 is 5.73 Å². The average Bonchev–Trinajstić information content (AvgIpc) is 2.90. The lowest BCUT2D eigenvalue weighted by atomic mass is 10.1. The maximum Gasteiger partial charge on any atom is 0.0236 e. The second-order valence-corrected chi connectivity index (χ2v) is 5.03. The molecule has 2 nitrogen and oxygen atoms in total. The fourth-order valence-electron chi connectivity index (χ4n) is 2.86. The molecule has 17 heavy (non-hydrogen) atoms. The maximum absolute atomic E-state index is 5.69. The Balaban J connectivity index is 2.01. The van der Waals surface area contributed by atoms with E-state index in [0.29, 0.717) is 6.54 Å². The highest BCUT2D eigenvalue weighted by molar-refractivity contribution is 5.23. The molecule has 0 spiro atoms. The summed E-state index contributed by atoms with van der Waals surface area (Å²) < 4.78 is 0. The summed E-state index contributed by atoms with van der Waals surface area (Å²) in [7, 11) is 0. The van der Waals surface area contributed by atoms with E-state index >= 15 is 0 Å². The van der Waals surface area contributed by atoms with Gasteiger partial charge in [0.1, 0.15) is 0 Å². The Kier molecular flexibility index (Phi) is 4.57. The monoisotopic (exact) mass is 232 g/mol. The molecule has 1 aliphatic rings. The number of rotatable bonds is 5. The highest BCUT2D eigenvalue weighted by Crippen LogP contribution is 2.24. The van der Waals surface area contributed by atoms with Crippen LogP contribution in [-0.4, -0.2) is 17.5 Å². The zero-order valence-electron chi connectivity index (χ0n) is 10.9. The third-order valence-electron chi connectivity index (χ3n) is 3.86. The fourth-order valence-corrected chi connectivity index (χ4v) is 2.86.